The Morgan fingerprint density at radius 1 is 0.441 bits per heavy atom. The molecule has 1 saturated carbocycles. The summed E-state index contributed by atoms with van der Waals surface area (Å²) in [5, 5.41) is 64.5. The molecule has 0 aromatic rings. The van der Waals surface area contributed by atoms with Crippen molar-refractivity contribution in [1.82, 2.24) is 5.32 Å². The number of aliphatic hydroxyl groups is 6. The van der Waals surface area contributed by atoms with Crippen LogP contribution in [0.5, 0.6) is 0 Å². The van der Waals surface area contributed by atoms with Crippen LogP contribution >= 0.6 is 7.82 Å². The Morgan fingerprint density at radius 2 is 0.706 bits per heavy atom. The van der Waals surface area contributed by atoms with Crippen LogP contribution in [0.2, 0.25) is 0 Å². The molecular weight excluding hydrogens is 882 g/mol. The van der Waals surface area contributed by atoms with E-state index in [0.29, 0.717) is 19.3 Å². The second-order valence-corrected chi connectivity index (χ2v) is 22.3. The second-order valence-electron chi connectivity index (χ2n) is 20.9. The summed E-state index contributed by atoms with van der Waals surface area (Å²) < 4.78 is 23.1. The largest absolute Gasteiger partial charge is 0.472 e. The van der Waals surface area contributed by atoms with E-state index in [1.54, 1.807) is 0 Å². The van der Waals surface area contributed by atoms with Gasteiger partial charge in [-0.05, 0) is 12.8 Å². The lowest BCUT2D eigenvalue weighted by molar-refractivity contribution is -0.220. The van der Waals surface area contributed by atoms with E-state index in [-0.39, 0.29) is 12.3 Å². The van der Waals surface area contributed by atoms with Crippen LogP contribution < -0.4 is 5.32 Å². The van der Waals surface area contributed by atoms with Crippen molar-refractivity contribution in [2.24, 2.45) is 0 Å². The van der Waals surface area contributed by atoms with E-state index < -0.39 is 63.2 Å². The highest BCUT2D eigenvalue weighted by atomic mass is 31.2. The fourth-order valence-electron chi connectivity index (χ4n) is 9.74. The number of carbonyl (C=O) groups excluding carboxylic acids is 1. The van der Waals surface area contributed by atoms with Crippen LogP contribution in [-0.2, 0) is 18.4 Å². The summed E-state index contributed by atoms with van der Waals surface area (Å²) in [5.74, 6) is -0.300. The van der Waals surface area contributed by atoms with Crippen molar-refractivity contribution >= 4 is 13.7 Å². The Morgan fingerprint density at radius 3 is 1.01 bits per heavy atom. The lowest BCUT2D eigenvalue weighted by atomic mass is 9.85. The molecule has 9 atom stereocenters. The maximum Gasteiger partial charge on any atom is 0.472 e. The molecule has 1 amide bonds. The van der Waals surface area contributed by atoms with Gasteiger partial charge in [0.25, 0.3) is 0 Å². The van der Waals surface area contributed by atoms with Crippen LogP contribution in [0.15, 0.2) is 0 Å². The average molecular weight is 992 g/mol. The first-order chi connectivity index (χ1) is 32.9. The Balaban J connectivity index is 2.29. The van der Waals surface area contributed by atoms with E-state index in [4.69, 9.17) is 9.05 Å². The highest BCUT2D eigenvalue weighted by Gasteiger charge is 2.51. The van der Waals surface area contributed by atoms with E-state index in [2.05, 4.69) is 19.2 Å². The maximum absolute atomic E-state index is 13.1. The number of nitrogens with one attached hydrogen (secondary N) is 1. The Bertz CT molecular complexity index is 1150. The quantitative estimate of drug-likeness (QED) is 0.0213. The van der Waals surface area contributed by atoms with Crippen molar-refractivity contribution in [3.05, 3.63) is 0 Å². The fraction of sp³-hybridized carbons (Fsp3) is 0.982. The van der Waals surface area contributed by atoms with Gasteiger partial charge in [-0.2, -0.15) is 0 Å². The van der Waals surface area contributed by atoms with Gasteiger partial charge in [0.15, 0.2) is 0 Å². The van der Waals surface area contributed by atoms with Gasteiger partial charge in [0.2, 0.25) is 5.91 Å². The molecular formula is C55H110NO11P. The number of carbonyl (C=O) groups is 1. The standard InChI is InChI=1S/C55H110NO11P/c1-3-5-7-9-11-13-15-17-19-21-22-23-24-25-26-27-28-29-31-33-35-37-39-41-43-45-49(58)56-47(46-66-68(64,65)67-55-53(62)51(60)50(59)52(61)54(55)63)48(57)44-42-40-38-36-34-32-30-20-18-16-14-12-10-8-6-4-2/h47-48,50-55,57,59-63H,3-46H2,1-2H3,(H,56,58)(H,64,65)/t47-,48+,50?,51+,52?,53?,54?,55?/m0/s1. The maximum atomic E-state index is 13.1. The molecule has 8 N–H and O–H groups in total. The lowest BCUT2D eigenvalue weighted by Gasteiger charge is -2.41. The van der Waals surface area contributed by atoms with Crippen molar-refractivity contribution in [1.29, 1.82) is 0 Å². The molecule has 0 heterocycles. The lowest BCUT2D eigenvalue weighted by Crippen LogP contribution is -2.64. The highest BCUT2D eigenvalue weighted by Crippen LogP contribution is 2.47. The zero-order valence-corrected chi connectivity index (χ0v) is 44.8. The second kappa shape index (κ2) is 45.0. The smallest absolute Gasteiger partial charge is 0.391 e. The molecule has 0 aromatic carbocycles. The van der Waals surface area contributed by atoms with Crippen LogP contribution in [0.3, 0.4) is 0 Å². The van der Waals surface area contributed by atoms with Gasteiger partial charge in [-0.3, -0.25) is 13.8 Å². The topological polar surface area (TPSA) is 206 Å². The predicted molar refractivity (Wildman–Crippen MR) is 279 cm³/mol. The molecule has 1 aliphatic carbocycles. The molecule has 13 heteroatoms. The SMILES string of the molecule is CCCCCCCCCCCCCCCCCCCCCCCCCCCC(=O)N[C@@H](COP(=O)(O)OC1C(O)C(O)C(O)[C@@H](O)C1O)[C@H](O)CCCCCCCCCCCCCCCCCC. The first-order valence-electron chi connectivity index (χ1n) is 29.0. The number of phosphoric ester groups is 1. The van der Waals surface area contributed by atoms with Crippen LogP contribution in [0.25, 0.3) is 0 Å². The average Bonchev–Trinajstić information content (AvgIpc) is 3.32. The molecule has 1 aliphatic rings. The molecule has 1 rings (SSSR count). The third-order valence-corrected chi connectivity index (χ3v) is 15.4. The molecule has 0 radical (unpaired) electrons. The van der Waals surface area contributed by atoms with Gasteiger partial charge in [-0.15, -0.1) is 0 Å². The summed E-state index contributed by atoms with van der Waals surface area (Å²) >= 11 is 0. The zero-order valence-electron chi connectivity index (χ0n) is 43.9. The molecule has 12 nitrogen and oxygen atoms in total. The highest BCUT2D eigenvalue weighted by molar-refractivity contribution is 7.47. The van der Waals surface area contributed by atoms with Crippen LogP contribution in [0.4, 0.5) is 0 Å². The third-order valence-electron chi connectivity index (χ3n) is 14.4. The van der Waals surface area contributed by atoms with Crippen LogP contribution in [0, 0.1) is 0 Å². The predicted octanol–water partition coefficient (Wildman–Crippen LogP) is 13.0. The fourth-order valence-corrected chi connectivity index (χ4v) is 10.7. The number of hydrogen-bond acceptors (Lipinski definition) is 10. The van der Waals surface area contributed by atoms with Crippen molar-refractivity contribution in [3.63, 3.8) is 0 Å². The van der Waals surface area contributed by atoms with E-state index in [1.165, 1.54) is 212 Å². The minimum Gasteiger partial charge on any atom is -0.391 e. The van der Waals surface area contributed by atoms with E-state index in [0.717, 1.165) is 38.5 Å². The molecule has 0 saturated heterocycles. The number of unbranched alkanes of at least 4 members (excludes halogenated alkanes) is 39. The van der Waals surface area contributed by atoms with Crippen LogP contribution in [-0.4, -0.2) is 96.8 Å². The molecule has 0 spiro atoms. The van der Waals surface area contributed by atoms with Gasteiger partial charge in [-0.1, -0.05) is 271 Å². The number of phosphoric acid groups is 1. The van der Waals surface area contributed by atoms with Gasteiger partial charge < -0.3 is 40.8 Å². The first-order valence-corrected chi connectivity index (χ1v) is 30.5. The van der Waals surface area contributed by atoms with Crippen molar-refractivity contribution < 1.29 is 53.9 Å². The third kappa shape index (κ3) is 35.5. The van der Waals surface area contributed by atoms with Gasteiger partial charge in [-0.25, -0.2) is 4.57 Å². The Kier molecular flexibility index (Phi) is 43.2. The minimum atomic E-state index is -5.06. The zero-order chi connectivity index (χ0) is 49.9. The van der Waals surface area contributed by atoms with E-state index in [1.807, 2.05) is 0 Å². The minimum absolute atomic E-state index is 0.243. The number of aliphatic hydroxyl groups excluding tert-OH is 6. The number of rotatable bonds is 50. The van der Waals surface area contributed by atoms with Crippen LogP contribution in [0.1, 0.15) is 290 Å². The summed E-state index contributed by atoms with van der Waals surface area (Å²) in [6.07, 6.45) is 40.0. The Labute approximate surface area is 416 Å². The van der Waals surface area contributed by atoms with Crippen molar-refractivity contribution in [2.75, 3.05) is 6.61 Å². The summed E-state index contributed by atoms with van der Waals surface area (Å²) in [4.78, 5) is 23.6. The molecule has 6 unspecified atom stereocenters. The monoisotopic (exact) mass is 992 g/mol. The molecule has 68 heavy (non-hydrogen) atoms. The molecule has 406 valence electrons. The van der Waals surface area contributed by atoms with Gasteiger partial charge >= 0.3 is 7.82 Å². The summed E-state index contributed by atoms with van der Waals surface area (Å²) in [6.45, 7) is 3.94. The van der Waals surface area contributed by atoms with Crippen molar-refractivity contribution in [3.8, 4) is 0 Å². The first kappa shape index (κ1) is 65.4. The number of hydrogen-bond donors (Lipinski definition) is 8. The normalized spacial score (nSPS) is 21.5. The summed E-state index contributed by atoms with van der Waals surface area (Å²) in [7, 11) is -5.06. The van der Waals surface area contributed by atoms with Gasteiger partial charge in [0.1, 0.15) is 36.6 Å². The molecule has 0 bridgehead atoms. The van der Waals surface area contributed by atoms with E-state index in [9.17, 15) is 44.9 Å². The van der Waals surface area contributed by atoms with E-state index >= 15 is 0 Å². The Hall–Kier alpha value is -0.660. The molecule has 0 aromatic heterocycles. The molecule has 0 aliphatic heterocycles. The van der Waals surface area contributed by atoms with Gasteiger partial charge in [0, 0.05) is 6.42 Å². The summed E-state index contributed by atoms with van der Waals surface area (Å²) in [5.41, 5.74) is 0. The van der Waals surface area contributed by atoms with Gasteiger partial charge in [0.05, 0.1) is 18.8 Å². The number of amides is 1. The summed E-state index contributed by atoms with van der Waals surface area (Å²) in [6, 6.07) is -1.03. The molecule has 1 fully saturated rings. The van der Waals surface area contributed by atoms with Crippen molar-refractivity contribution in [2.45, 2.75) is 339 Å².